The SMILES string of the molecule is CSc1ncc(Br)c(C(=O)Nc2ccc3ccccc3c2)n1. The minimum Gasteiger partial charge on any atom is -0.321 e. The molecule has 0 aliphatic carbocycles. The Labute approximate surface area is 140 Å². The molecule has 0 bridgehead atoms. The average molecular weight is 374 g/mol. The van der Waals surface area contributed by atoms with Gasteiger partial charge in [-0.1, -0.05) is 42.1 Å². The zero-order chi connectivity index (χ0) is 15.5. The van der Waals surface area contributed by atoms with Gasteiger partial charge >= 0.3 is 0 Å². The van der Waals surface area contributed by atoms with Crippen LogP contribution in [-0.2, 0) is 0 Å². The van der Waals surface area contributed by atoms with Gasteiger partial charge in [-0.05, 0) is 45.1 Å². The first-order chi connectivity index (χ1) is 10.7. The van der Waals surface area contributed by atoms with Crippen LogP contribution in [0.1, 0.15) is 10.5 Å². The lowest BCUT2D eigenvalue weighted by molar-refractivity contribution is 0.102. The minimum atomic E-state index is -0.264. The molecule has 1 aromatic heterocycles. The van der Waals surface area contributed by atoms with Crippen LogP contribution in [0, 0.1) is 0 Å². The number of nitrogens with one attached hydrogen (secondary N) is 1. The smallest absolute Gasteiger partial charge is 0.275 e. The summed E-state index contributed by atoms with van der Waals surface area (Å²) in [5.41, 5.74) is 1.06. The van der Waals surface area contributed by atoms with Gasteiger partial charge in [0.1, 0.15) is 5.69 Å². The molecule has 3 rings (SSSR count). The Balaban J connectivity index is 1.89. The van der Waals surface area contributed by atoms with E-state index in [1.807, 2.05) is 48.7 Å². The summed E-state index contributed by atoms with van der Waals surface area (Å²) in [4.78, 5) is 20.8. The Morgan fingerprint density at radius 3 is 2.73 bits per heavy atom. The number of rotatable bonds is 3. The summed E-state index contributed by atoms with van der Waals surface area (Å²) >= 11 is 4.71. The van der Waals surface area contributed by atoms with Gasteiger partial charge in [0, 0.05) is 11.9 Å². The van der Waals surface area contributed by atoms with Crippen LogP contribution in [-0.4, -0.2) is 22.1 Å². The highest BCUT2D eigenvalue weighted by Gasteiger charge is 2.14. The van der Waals surface area contributed by atoms with Crippen LogP contribution in [0.4, 0.5) is 5.69 Å². The Kier molecular flexibility index (Phi) is 4.40. The van der Waals surface area contributed by atoms with Crippen LogP contribution in [0.5, 0.6) is 0 Å². The predicted molar refractivity (Wildman–Crippen MR) is 93.4 cm³/mol. The number of amides is 1. The number of aromatic nitrogens is 2. The molecule has 3 aromatic rings. The predicted octanol–water partition coefficient (Wildman–Crippen LogP) is 4.37. The van der Waals surface area contributed by atoms with E-state index in [1.165, 1.54) is 11.8 Å². The monoisotopic (exact) mass is 373 g/mol. The molecule has 0 atom stereocenters. The Hall–Kier alpha value is -1.92. The zero-order valence-corrected chi connectivity index (χ0v) is 14.1. The van der Waals surface area contributed by atoms with Gasteiger partial charge in [-0.3, -0.25) is 4.79 Å². The van der Waals surface area contributed by atoms with Crippen molar-refractivity contribution in [2.24, 2.45) is 0 Å². The molecule has 0 saturated heterocycles. The van der Waals surface area contributed by atoms with E-state index in [0.29, 0.717) is 15.3 Å². The summed E-state index contributed by atoms with van der Waals surface area (Å²) in [6.07, 6.45) is 3.46. The molecule has 0 aliphatic rings. The van der Waals surface area contributed by atoms with Crippen molar-refractivity contribution in [3.8, 4) is 0 Å². The van der Waals surface area contributed by atoms with E-state index in [0.717, 1.165) is 16.5 Å². The van der Waals surface area contributed by atoms with Crippen molar-refractivity contribution in [2.45, 2.75) is 5.16 Å². The Bertz CT molecular complexity index is 854. The second-order valence-corrected chi connectivity index (χ2v) is 6.20. The Morgan fingerprint density at radius 1 is 1.18 bits per heavy atom. The van der Waals surface area contributed by atoms with Crippen molar-refractivity contribution in [1.82, 2.24) is 9.97 Å². The molecule has 0 aliphatic heterocycles. The molecule has 6 heteroatoms. The molecule has 0 radical (unpaired) electrons. The van der Waals surface area contributed by atoms with Gasteiger partial charge in [0.25, 0.3) is 5.91 Å². The number of carbonyl (C=O) groups is 1. The van der Waals surface area contributed by atoms with E-state index < -0.39 is 0 Å². The van der Waals surface area contributed by atoms with Gasteiger partial charge in [0.2, 0.25) is 0 Å². The van der Waals surface area contributed by atoms with E-state index in [4.69, 9.17) is 0 Å². The van der Waals surface area contributed by atoms with Crippen molar-refractivity contribution in [3.05, 3.63) is 58.8 Å². The number of hydrogen-bond acceptors (Lipinski definition) is 4. The lowest BCUT2D eigenvalue weighted by Gasteiger charge is -2.08. The fourth-order valence-electron chi connectivity index (χ4n) is 2.07. The van der Waals surface area contributed by atoms with Gasteiger partial charge in [0.05, 0.1) is 4.47 Å². The van der Waals surface area contributed by atoms with Crippen molar-refractivity contribution in [2.75, 3.05) is 11.6 Å². The van der Waals surface area contributed by atoms with Crippen molar-refractivity contribution in [3.63, 3.8) is 0 Å². The maximum absolute atomic E-state index is 12.4. The summed E-state index contributed by atoms with van der Waals surface area (Å²) in [5.74, 6) is -0.264. The average Bonchev–Trinajstić information content (AvgIpc) is 2.55. The maximum Gasteiger partial charge on any atom is 0.275 e. The lowest BCUT2D eigenvalue weighted by atomic mass is 10.1. The van der Waals surface area contributed by atoms with E-state index in [-0.39, 0.29) is 5.91 Å². The van der Waals surface area contributed by atoms with Gasteiger partial charge in [-0.2, -0.15) is 0 Å². The highest BCUT2D eigenvalue weighted by molar-refractivity contribution is 9.10. The number of carbonyl (C=O) groups excluding carboxylic acids is 1. The normalized spacial score (nSPS) is 10.6. The molecular weight excluding hydrogens is 362 g/mol. The van der Waals surface area contributed by atoms with E-state index in [1.54, 1.807) is 6.20 Å². The molecule has 0 saturated carbocycles. The van der Waals surface area contributed by atoms with Gasteiger partial charge < -0.3 is 5.32 Å². The Morgan fingerprint density at radius 2 is 1.95 bits per heavy atom. The maximum atomic E-state index is 12.4. The summed E-state index contributed by atoms with van der Waals surface area (Å²) in [6, 6.07) is 13.8. The van der Waals surface area contributed by atoms with Gasteiger partial charge in [-0.15, -0.1) is 0 Å². The third-order valence-corrected chi connectivity index (χ3v) is 4.27. The number of thioether (sulfide) groups is 1. The molecule has 22 heavy (non-hydrogen) atoms. The fourth-order valence-corrected chi connectivity index (χ4v) is 2.78. The largest absolute Gasteiger partial charge is 0.321 e. The summed E-state index contributed by atoms with van der Waals surface area (Å²) in [5, 5.41) is 5.64. The van der Waals surface area contributed by atoms with Crippen molar-refractivity contribution in [1.29, 1.82) is 0 Å². The van der Waals surface area contributed by atoms with Crippen LogP contribution < -0.4 is 5.32 Å². The minimum absolute atomic E-state index is 0.264. The van der Waals surface area contributed by atoms with E-state index in [9.17, 15) is 4.79 Å². The summed E-state index contributed by atoms with van der Waals surface area (Å²) in [6.45, 7) is 0. The number of hydrogen-bond donors (Lipinski definition) is 1. The number of halogens is 1. The van der Waals surface area contributed by atoms with Crippen molar-refractivity contribution < 1.29 is 4.79 Å². The standard InChI is InChI=1S/C16H12BrN3OS/c1-22-16-18-9-13(17)14(20-16)15(21)19-12-7-6-10-4-2-3-5-11(10)8-12/h2-9H,1H3,(H,19,21). The third kappa shape index (κ3) is 3.13. The molecule has 2 aromatic carbocycles. The highest BCUT2D eigenvalue weighted by atomic mass is 79.9. The number of anilines is 1. The summed E-state index contributed by atoms with van der Waals surface area (Å²) < 4.78 is 0.573. The second-order valence-electron chi connectivity index (χ2n) is 4.57. The first-order valence-electron chi connectivity index (χ1n) is 6.54. The first-order valence-corrected chi connectivity index (χ1v) is 8.56. The number of fused-ring (bicyclic) bond motifs is 1. The highest BCUT2D eigenvalue weighted by Crippen LogP contribution is 2.21. The molecule has 4 nitrogen and oxygen atoms in total. The third-order valence-electron chi connectivity index (χ3n) is 3.13. The topological polar surface area (TPSA) is 54.9 Å². The van der Waals surface area contributed by atoms with Crippen LogP contribution in [0.15, 0.2) is 58.3 Å². The number of nitrogens with zero attached hydrogens (tertiary/aromatic N) is 2. The van der Waals surface area contributed by atoms with Crippen LogP contribution in [0.25, 0.3) is 10.8 Å². The van der Waals surface area contributed by atoms with Gasteiger partial charge in [-0.25, -0.2) is 9.97 Å². The fraction of sp³-hybridized carbons (Fsp3) is 0.0625. The van der Waals surface area contributed by atoms with E-state index >= 15 is 0 Å². The molecule has 1 heterocycles. The molecule has 0 unspecified atom stereocenters. The van der Waals surface area contributed by atoms with Gasteiger partial charge in [0.15, 0.2) is 5.16 Å². The molecular formula is C16H12BrN3OS. The molecule has 1 N–H and O–H groups in total. The van der Waals surface area contributed by atoms with Crippen molar-refractivity contribution >= 4 is 50.1 Å². The lowest BCUT2D eigenvalue weighted by Crippen LogP contribution is -2.15. The second kappa shape index (κ2) is 6.46. The quantitative estimate of drug-likeness (QED) is 0.547. The summed E-state index contributed by atoms with van der Waals surface area (Å²) in [7, 11) is 0. The number of benzene rings is 2. The van der Waals surface area contributed by atoms with Crippen LogP contribution in [0.3, 0.4) is 0 Å². The van der Waals surface area contributed by atoms with Crippen LogP contribution in [0.2, 0.25) is 0 Å². The molecule has 110 valence electrons. The van der Waals surface area contributed by atoms with Crippen LogP contribution >= 0.6 is 27.7 Å². The van der Waals surface area contributed by atoms with E-state index in [2.05, 4.69) is 31.2 Å². The molecule has 0 spiro atoms. The zero-order valence-electron chi connectivity index (χ0n) is 11.7. The first kappa shape index (κ1) is 15.0. The molecule has 0 fully saturated rings. The molecule has 1 amide bonds.